The van der Waals surface area contributed by atoms with E-state index in [1.165, 1.54) is 27.9 Å². The number of benzene rings is 1. The molecule has 0 saturated carbocycles. The SMILES string of the molecule is CCCn1nc(C(=O)OCC(=O)c2cc(C)n(-c3ccc(C)c(C)c3)c2C)ccc1=O. The van der Waals surface area contributed by atoms with E-state index in [4.69, 9.17) is 4.74 Å². The van der Waals surface area contributed by atoms with Crippen LogP contribution in [-0.2, 0) is 11.3 Å². The third-order valence-corrected chi connectivity index (χ3v) is 5.33. The molecule has 3 aromatic rings. The summed E-state index contributed by atoms with van der Waals surface area (Å²) in [4.78, 5) is 36.9. The maximum absolute atomic E-state index is 12.8. The van der Waals surface area contributed by atoms with Crippen LogP contribution in [0.15, 0.2) is 41.2 Å². The average Bonchev–Trinajstić information content (AvgIpc) is 3.04. The summed E-state index contributed by atoms with van der Waals surface area (Å²) < 4.78 is 8.42. The standard InChI is InChI=1S/C24H27N3O4/c1-6-11-26-23(29)10-9-21(25-26)24(30)31-14-22(28)20-13-17(4)27(18(20)5)19-8-7-15(2)16(3)12-19/h7-10,12-13H,6,11,14H2,1-5H3. The van der Waals surface area contributed by atoms with Gasteiger partial charge in [0.1, 0.15) is 0 Å². The van der Waals surface area contributed by atoms with Crippen molar-refractivity contribution in [2.75, 3.05) is 6.61 Å². The Labute approximate surface area is 181 Å². The van der Waals surface area contributed by atoms with E-state index >= 15 is 0 Å². The monoisotopic (exact) mass is 421 g/mol. The van der Waals surface area contributed by atoms with Crippen molar-refractivity contribution in [2.24, 2.45) is 0 Å². The van der Waals surface area contributed by atoms with Gasteiger partial charge in [-0.15, -0.1) is 0 Å². The zero-order valence-electron chi connectivity index (χ0n) is 18.6. The molecule has 0 unspecified atom stereocenters. The van der Waals surface area contributed by atoms with Gasteiger partial charge in [-0.2, -0.15) is 5.10 Å². The fraction of sp³-hybridized carbons (Fsp3) is 0.333. The van der Waals surface area contributed by atoms with Crippen LogP contribution in [0.5, 0.6) is 0 Å². The summed E-state index contributed by atoms with van der Waals surface area (Å²) in [6.45, 7) is 9.84. The molecule has 2 heterocycles. The van der Waals surface area contributed by atoms with Crippen molar-refractivity contribution in [2.45, 2.75) is 47.6 Å². The first-order chi connectivity index (χ1) is 14.7. The molecular weight excluding hydrogens is 394 g/mol. The van der Waals surface area contributed by atoms with Crippen molar-refractivity contribution in [3.63, 3.8) is 0 Å². The van der Waals surface area contributed by atoms with Crippen LogP contribution in [0.25, 0.3) is 5.69 Å². The van der Waals surface area contributed by atoms with Crippen LogP contribution >= 0.6 is 0 Å². The molecule has 0 fully saturated rings. The minimum absolute atomic E-state index is 0.00135. The molecule has 7 nitrogen and oxygen atoms in total. The molecule has 0 saturated heterocycles. The molecule has 0 radical (unpaired) electrons. The Morgan fingerprint density at radius 1 is 1.00 bits per heavy atom. The third kappa shape index (κ3) is 4.66. The van der Waals surface area contributed by atoms with Crippen molar-refractivity contribution < 1.29 is 14.3 Å². The molecular formula is C24H27N3O4. The van der Waals surface area contributed by atoms with Gasteiger partial charge < -0.3 is 9.30 Å². The number of carbonyl (C=O) groups is 2. The Morgan fingerprint density at radius 3 is 2.42 bits per heavy atom. The van der Waals surface area contributed by atoms with Crippen molar-refractivity contribution in [1.82, 2.24) is 14.3 Å². The number of rotatable bonds is 7. The van der Waals surface area contributed by atoms with Crippen molar-refractivity contribution >= 4 is 11.8 Å². The van der Waals surface area contributed by atoms with E-state index in [2.05, 4.69) is 31.1 Å². The molecule has 7 heteroatoms. The molecule has 0 atom stereocenters. The molecule has 0 aliphatic carbocycles. The van der Waals surface area contributed by atoms with E-state index in [1.807, 2.05) is 31.4 Å². The van der Waals surface area contributed by atoms with Crippen LogP contribution in [-0.4, -0.2) is 32.7 Å². The summed E-state index contributed by atoms with van der Waals surface area (Å²) in [6.07, 6.45) is 0.708. The predicted molar refractivity (Wildman–Crippen MR) is 118 cm³/mol. The molecule has 0 aliphatic heterocycles. The van der Waals surface area contributed by atoms with Gasteiger partial charge >= 0.3 is 5.97 Å². The number of aryl methyl sites for hydroxylation is 4. The molecule has 1 aromatic carbocycles. The number of aromatic nitrogens is 3. The number of hydrogen-bond donors (Lipinski definition) is 0. The molecule has 0 spiro atoms. The van der Waals surface area contributed by atoms with Crippen LogP contribution in [0.4, 0.5) is 0 Å². The van der Waals surface area contributed by atoms with Gasteiger partial charge in [0, 0.05) is 35.2 Å². The molecule has 0 aliphatic rings. The van der Waals surface area contributed by atoms with Crippen molar-refractivity contribution in [3.8, 4) is 5.69 Å². The van der Waals surface area contributed by atoms with Crippen LogP contribution < -0.4 is 5.56 Å². The Balaban J connectivity index is 1.77. The van der Waals surface area contributed by atoms with E-state index in [9.17, 15) is 14.4 Å². The molecule has 0 bridgehead atoms. The van der Waals surface area contributed by atoms with E-state index in [0.29, 0.717) is 18.5 Å². The van der Waals surface area contributed by atoms with E-state index < -0.39 is 12.6 Å². The van der Waals surface area contributed by atoms with Crippen molar-refractivity contribution in [1.29, 1.82) is 0 Å². The van der Waals surface area contributed by atoms with Gasteiger partial charge in [0.25, 0.3) is 5.56 Å². The number of Topliss-reactive ketones (excluding diaryl/α,β-unsaturated/α-hetero) is 1. The van der Waals surface area contributed by atoms with E-state index in [0.717, 1.165) is 17.1 Å². The topological polar surface area (TPSA) is 83.2 Å². The predicted octanol–water partition coefficient (Wildman–Crippen LogP) is 3.72. The van der Waals surface area contributed by atoms with Gasteiger partial charge in [0.2, 0.25) is 5.78 Å². The summed E-state index contributed by atoms with van der Waals surface area (Å²) in [5.74, 6) is -1.03. The molecule has 162 valence electrons. The highest BCUT2D eigenvalue weighted by Gasteiger charge is 2.19. The lowest BCUT2D eigenvalue weighted by molar-refractivity contribution is 0.0466. The maximum Gasteiger partial charge on any atom is 0.359 e. The van der Waals surface area contributed by atoms with Gasteiger partial charge in [0.15, 0.2) is 12.3 Å². The second-order valence-electron chi connectivity index (χ2n) is 7.67. The Kier molecular flexibility index (Phi) is 6.53. The Morgan fingerprint density at radius 2 is 1.74 bits per heavy atom. The summed E-state index contributed by atoms with van der Waals surface area (Å²) in [5.41, 5.74) is 5.29. The number of ether oxygens (including phenoxy) is 1. The maximum atomic E-state index is 12.8. The highest BCUT2D eigenvalue weighted by atomic mass is 16.5. The largest absolute Gasteiger partial charge is 0.453 e. The lowest BCUT2D eigenvalue weighted by Gasteiger charge is -2.12. The first-order valence-corrected chi connectivity index (χ1v) is 10.3. The van der Waals surface area contributed by atoms with Crippen LogP contribution in [0, 0.1) is 27.7 Å². The van der Waals surface area contributed by atoms with E-state index in [1.54, 1.807) is 6.07 Å². The average molecular weight is 421 g/mol. The Bertz CT molecular complexity index is 1200. The van der Waals surface area contributed by atoms with Crippen LogP contribution in [0.2, 0.25) is 0 Å². The lowest BCUT2D eigenvalue weighted by atomic mass is 10.1. The molecule has 0 N–H and O–H groups in total. The molecule has 3 rings (SSSR count). The lowest BCUT2D eigenvalue weighted by Crippen LogP contribution is -2.25. The number of nitrogens with zero attached hydrogens (tertiary/aromatic N) is 3. The summed E-state index contributed by atoms with van der Waals surface area (Å²) in [7, 11) is 0. The molecule has 31 heavy (non-hydrogen) atoms. The second kappa shape index (κ2) is 9.12. The first-order valence-electron chi connectivity index (χ1n) is 10.3. The number of esters is 1. The highest BCUT2D eigenvalue weighted by molar-refractivity contribution is 6.00. The summed E-state index contributed by atoms with van der Waals surface area (Å²) >= 11 is 0. The summed E-state index contributed by atoms with van der Waals surface area (Å²) in [6, 6.07) is 10.6. The fourth-order valence-corrected chi connectivity index (χ4v) is 3.52. The van der Waals surface area contributed by atoms with Crippen molar-refractivity contribution in [3.05, 3.63) is 80.5 Å². The van der Waals surface area contributed by atoms with Crippen LogP contribution in [0.3, 0.4) is 0 Å². The summed E-state index contributed by atoms with van der Waals surface area (Å²) in [5, 5.41) is 4.02. The molecule has 0 amide bonds. The molecule has 2 aromatic heterocycles. The van der Waals surface area contributed by atoms with Gasteiger partial charge in [0.05, 0.1) is 0 Å². The van der Waals surface area contributed by atoms with Crippen LogP contribution in [0.1, 0.15) is 56.7 Å². The fourth-order valence-electron chi connectivity index (χ4n) is 3.52. The number of hydrogen-bond acceptors (Lipinski definition) is 5. The van der Waals surface area contributed by atoms with Gasteiger partial charge in [-0.1, -0.05) is 13.0 Å². The zero-order chi connectivity index (χ0) is 22.7. The van der Waals surface area contributed by atoms with E-state index in [-0.39, 0.29) is 17.0 Å². The highest BCUT2D eigenvalue weighted by Crippen LogP contribution is 2.23. The first kappa shape index (κ1) is 22.2. The zero-order valence-corrected chi connectivity index (χ0v) is 18.6. The second-order valence-corrected chi connectivity index (χ2v) is 7.67. The Hall–Kier alpha value is -3.48. The van der Waals surface area contributed by atoms with Gasteiger partial charge in [-0.05, 0) is 69.5 Å². The number of ketones is 1. The number of carbonyl (C=O) groups excluding carboxylic acids is 2. The van der Waals surface area contributed by atoms with Gasteiger partial charge in [-0.3, -0.25) is 9.59 Å². The smallest absolute Gasteiger partial charge is 0.359 e. The quantitative estimate of drug-likeness (QED) is 0.429. The third-order valence-electron chi connectivity index (χ3n) is 5.33. The normalized spacial score (nSPS) is 10.9. The minimum Gasteiger partial charge on any atom is -0.453 e. The minimum atomic E-state index is -0.735. The van der Waals surface area contributed by atoms with Gasteiger partial charge in [-0.25, -0.2) is 9.48 Å².